The highest BCUT2D eigenvalue weighted by Crippen LogP contribution is 2.28. The number of nitrogens with one attached hydrogen (secondary N) is 2. The smallest absolute Gasteiger partial charge is 0.305 e. The maximum atomic E-state index is 13.2. The van der Waals surface area contributed by atoms with Gasteiger partial charge in [-0.15, -0.1) is 0 Å². The standard InChI is InChI=1S/C27H22Cl2N4O4/c28-21-11-10-19(14-22(21)29)23-15-24(27(37)31-20-4-2-1-3-5-20)33(32-23)16-17-6-8-18(9-7-17)26(36)30-13-12-25(34)35/h1-11,14-15H,12-13,16H2,(H,30,36)(H,31,37)(H,34,35). The van der Waals surface area contributed by atoms with Gasteiger partial charge < -0.3 is 15.7 Å². The molecule has 1 heterocycles. The number of carbonyl (C=O) groups is 3. The molecule has 3 N–H and O–H groups in total. The first kappa shape index (κ1) is 25.9. The van der Waals surface area contributed by atoms with Crippen molar-refractivity contribution in [2.24, 2.45) is 0 Å². The molecule has 4 rings (SSSR count). The average molecular weight is 537 g/mol. The lowest BCUT2D eigenvalue weighted by molar-refractivity contribution is -0.136. The number of nitrogens with zero attached hydrogens (tertiary/aromatic N) is 2. The molecule has 0 fully saturated rings. The van der Waals surface area contributed by atoms with Gasteiger partial charge in [0.1, 0.15) is 5.69 Å². The van der Waals surface area contributed by atoms with Crippen LogP contribution in [-0.2, 0) is 11.3 Å². The zero-order valence-corrected chi connectivity index (χ0v) is 21.0. The molecule has 0 unspecified atom stereocenters. The summed E-state index contributed by atoms with van der Waals surface area (Å²) >= 11 is 12.2. The molecule has 0 saturated carbocycles. The van der Waals surface area contributed by atoms with Crippen LogP contribution in [0.15, 0.2) is 78.9 Å². The van der Waals surface area contributed by atoms with E-state index in [1.165, 1.54) is 0 Å². The number of amides is 2. The molecule has 188 valence electrons. The minimum Gasteiger partial charge on any atom is -0.481 e. The summed E-state index contributed by atoms with van der Waals surface area (Å²) < 4.78 is 1.58. The Morgan fingerprint density at radius 2 is 1.59 bits per heavy atom. The quantitative estimate of drug-likeness (QED) is 0.266. The number of anilines is 1. The molecule has 0 aliphatic heterocycles. The number of hydrogen-bond acceptors (Lipinski definition) is 4. The summed E-state index contributed by atoms with van der Waals surface area (Å²) in [4.78, 5) is 36.0. The zero-order valence-electron chi connectivity index (χ0n) is 19.4. The van der Waals surface area contributed by atoms with Gasteiger partial charge in [0.25, 0.3) is 11.8 Å². The van der Waals surface area contributed by atoms with Gasteiger partial charge in [0, 0.05) is 23.4 Å². The van der Waals surface area contributed by atoms with Crippen molar-refractivity contribution in [2.75, 3.05) is 11.9 Å². The number of para-hydroxylation sites is 1. The van der Waals surface area contributed by atoms with Crippen LogP contribution in [0.1, 0.15) is 32.8 Å². The molecule has 37 heavy (non-hydrogen) atoms. The van der Waals surface area contributed by atoms with Crippen LogP contribution in [0.3, 0.4) is 0 Å². The van der Waals surface area contributed by atoms with Crippen molar-refractivity contribution in [2.45, 2.75) is 13.0 Å². The predicted molar refractivity (Wildman–Crippen MR) is 142 cm³/mol. The Kier molecular flexibility index (Phi) is 8.22. The van der Waals surface area contributed by atoms with Crippen LogP contribution in [-0.4, -0.2) is 39.2 Å². The van der Waals surface area contributed by atoms with Gasteiger partial charge in [-0.25, -0.2) is 0 Å². The highest BCUT2D eigenvalue weighted by molar-refractivity contribution is 6.42. The fourth-order valence-corrected chi connectivity index (χ4v) is 3.85. The molecule has 0 radical (unpaired) electrons. The molecule has 4 aromatic rings. The van der Waals surface area contributed by atoms with E-state index in [-0.39, 0.29) is 31.3 Å². The van der Waals surface area contributed by atoms with E-state index in [1.54, 1.807) is 65.3 Å². The van der Waals surface area contributed by atoms with Gasteiger partial charge in [0.05, 0.1) is 28.7 Å². The number of halogens is 2. The number of hydrogen-bond donors (Lipinski definition) is 3. The SMILES string of the molecule is O=C(O)CCNC(=O)c1ccc(Cn2nc(-c3ccc(Cl)c(Cl)c3)cc2C(=O)Nc2ccccc2)cc1. The van der Waals surface area contributed by atoms with Gasteiger partial charge >= 0.3 is 5.97 Å². The highest BCUT2D eigenvalue weighted by atomic mass is 35.5. The van der Waals surface area contributed by atoms with E-state index in [1.807, 2.05) is 18.2 Å². The van der Waals surface area contributed by atoms with Gasteiger partial charge in [-0.05, 0) is 48.0 Å². The summed E-state index contributed by atoms with van der Waals surface area (Å²) in [6, 6.07) is 22.7. The highest BCUT2D eigenvalue weighted by Gasteiger charge is 2.18. The maximum Gasteiger partial charge on any atom is 0.305 e. The summed E-state index contributed by atoms with van der Waals surface area (Å²) in [5, 5.41) is 19.6. The van der Waals surface area contributed by atoms with Crippen molar-refractivity contribution in [1.29, 1.82) is 0 Å². The van der Waals surface area contributed by atoms with E-state index in [9.17, 15) is 14.4 Å². The molecule has 2 amide bonds. The first-order valence-electron chi connectivity index (χ1n) is 11.3. The number of rotatable bonds is 9. The Labute approximate surface area is 222 Å². The Balaban J connectivity index is 1.58. The van der Waals surface area contributed by atoms with Crippen molar-refractivity contribution < 1.29 is 19.5 Å². The lowest BCUT2D eigenvalue weighted by atomic mass is 10.1. The van der Waals surface area contributed by atoms with E-state index < -0.39 is 5.97 Å². The maximum absolute atomic E-state index is 13.2. The van der Waals surface area contributed by atoms with Crippen molar-refractivity contribution in [3.63, 3.8) is 0 Å². The fourth-order valence-electron chi connectivity index (χ4n) is 3.55. The van der Waals surface area contributed by atoms with Crippen LogP contribution in [0.4, 0.5) is 5.69 Å². The zero-order chi connectivity index (χ0) is 26.4. The summed E-state index contributed by atoms with van der Waals surface area (Å²) in [6.45, 7) is 0.306. The molecule has 8 nitrogen and oxygen atoms in total. The number of carboxylic acid groups (broad SMARTS) is 1. The van der Waals surface area contributed by atoms with Crippen molar-refractivity contribution in [3.05, 3.63) is 106 Å². The molecular weight excluding hydrogens is 515 g/mol. The van der Waals surface area contributed by atoms with E-state index >= 15 is 0 Å². The number of carbonyl (C=O) groups excluding carboxylic acids is 2. The number of carboxylic acids is 1. The van der Waals surface area contributed by atoms with Crippen LogP contribution in [0.5, 0.6) is 0 Å². The van der Waals surface area contributed by atoms with E-state index in [0.29, 0.717) is 38.2 Å². The Bertz CT molecular complexity index is 1440. The topological polar surface area (TPSA) is 113 Å². The van der Waals surface area contributed by atoms with Gasteiger partial charge in [0.15, 0.2) is 0 Å². The van der Waals surface area contributed by atoms with Crippen LogP contribution >= 0.6 is 23.2 Å². The monoisotopic (exact) mass is 536 g/mol. The molecule has 0 atom stereocenters. The fraction of sp³-hybridized carbons (Fsp3) is 0.111. The predicted octanol–water partition coefficient (Wildman–Crippen LogP) is 5.36. The second-order valence-electron chi connectivity index (χ2n) is 8.12. The molecule has 0 bridgehead atoms. The van der Waals surface area contributed by atoms with E-state index in [2.05, 4.69) is 15.7 Å². The molecule has 1 aromatic heterocycles. The van der Waals surface area contributed by atoms with Crippen LogP contribution in [0.2, 0.25) is 10.0 Å². The molecule has 10 heteroatoms. The molecule has 0 aliphatic rings. The lowest BCUT2D eigenvalue weighted by Crippen LogP contribution is -2.26. The van der Waals surface area contributed by atoms with E-state index in [4.69, 9.17) is 28.3 Å². The van der Waals surface area contributed by atoms with Crippen LogP contribution < -0.4 is 10.6 Å². The van der Waals surface area contributed by atoms with Gasteiger partial charge in [-0.2, -0.15) is 5.10 Å². The number of aromatic nitrogens is 2. The van der Waals surface area contributed by atoms with Crippen molar-refractivity contribution >= 4 is 46.7 Å². The minimum atomic E-state index is -0.984. The lowest BCUT2D eigenvalue weighted by Gasteiger charge is -2.09. The summed E-state index contributed by atoms with van der Waals surface area (Å²) in [6.07, 6.45) is -0.155. The third-order valence-electron chi connectivity index (χ3n) is 5.43. The van der Waals surface area contributed by atoms with Gasteiger partial charge in [-0.1, -0.05) is 59.6 Å². The van der Waals surface area contributed by atoms with Crippen LogP contribution in [0, 0.1) is 0 Å². The van der Waals surface area contributed by atoms with Crippen molar-refractivity contribution in [3.8, 4) is 11.3 Å². The normalized spacial score (nSPS) is 10.6. The largest absolute Gasteiger partial charge is 0.481 e. The third kappa shape index (κ3) is 6.75. The van der Waals surface area contributed by atoms with Gasteiger partial charge in [0.2, 0.25) is 0 Å². The number of aliphatic carboxylic acids is 1. The molecule has 0 aliphatic carbocycles. The Hall–Kier alpha value is -4.14. The molecular formula is C27H22Cl2N4O4. The van der Waals surface area contributed by atoms with Crippen LogP contribution in [0.25, 0.3) is 11.3 Å². The third-order valence-corrected chi connectivity index (χ3v) is 6.17. The second kappa shape index (κ2) is 11.7. The summed E-state index contributed by atoms with van der Waals surface area (Å²) in [7, 11) is 0. The first-order chi connectivity index (χ1) is 17.8. The molecule has 0 saturated heterocycles. The summed E-state index contributed by atoms with van der Waals surface area (Å²) in [5.74, 6) is -1.68. The summed E-state index contributed by atoms with van der Waals surface area (Å²) in [5.41, 5.74) is 3.43. The Morgan fingerprint density at radius 3 is 2.27 bits per heavy atom. The molecule has 0 spiro atoms. The first-order valence-corrected chi connectivity index (χ1v) is 12.0. The second-order valence-corrected chi connectivity index (χ2v) is 8.93. The van der Waals surface area contributed by atoms with E-state index in [0.717, 1.165) is 5.56 Å². The average Bonchev–Trinajstić information content (AvgIpc) is 3.30. The van der Waals surface area contributed by atoms with Crippen molar-refractivity contribution in [1.82, 2.24) is 15.1 Å². The minimum absolute atomic E-state index is 0.0422. The Morgan fingerprint density at radius 1 is 0.865 bits per heavy atom. The number of benzene rings is 3. The molecule has 3 aromatic carbocycles. The van der Waals surface area contributed by atoms with Gasteiger partial charge in [-0.3, -0.25) is 19.1 Å².